The summed E-state index contributed by atoms with van der Waals surface area (Å²) in [5.74, 6) is 0.982. The van der Waals surface area contributed by atoms with Crippen LogP contribution in [0.1, 0.15) is 51.5 Å². The third kappa shape index (κ3) is 5.02. The van der Waals surface area contributed by atoms with Crippen molar-refractivity contribution in [1.82, 2.24) is 0 Å². The molecule has 0 heterocycles. The molecule has 2 atom stereocenters. The van der Waals surface area contributed by atoms with Crippen LogP contribution in [0, 0.1) is 30.6 Å². The summed E-state index contributed by atoms with van der Waals surface area (Å²) in [7, 11) is 0. The van der Waals surface area contributed by atoms with E-state index in [1.54, 1.807) is 0 Å². The normalized spacial score (nSPS) is 26.9. The number of fused-ring (bicyclic) bond motifs is 2. The van der Waals surface area contributed by atoms with Gasteiger partial charge < -0.3 is 16.4 Å². The lowest BCUT2D eigenvalue weighted by molar-refractivity contribution is -0.122. The zero-order valence-electron chi connectivity index (χ0n) is 16.5. The number of nitrogens with two attached hydrogens (primary N) is 1. The Morgan fingerprint density at radius 1 is 1.11 bits per heavy atom. The van der Waals surface area contributed by atoms with E-state index >= 15 is 0 Å². The van der Waals surface area contributed by atoms with Gasteiger partial charge in [0.2, 0.25) is 11.8 Å². The van der Waals surface area contributed by atoms with Crippen LogP contribution in [-0.2, 0) is 9.59 Å². The second-order valence-electron chi connectivity index (χ2n) is 8.36. The minimum Gasteiger partial charge on any atom is -0.327 e. The van der Waals surface area contributed by atoms with Gasteiger partial charge in [0, 0.05) is 29.3 Å². The number of hydrogen-bond acceptors (Lipinski definition) is 3. The molecule has 0 aliphatic heterocycles. The smallest absolute Gasteiger partial charge is 0.227 e. The lowest BCUT2D eigenvalue weighted by atomic mass is 9.65. The lowest BCUT2D eigenvalue weighted by Crippen LogP contribution is -2.48. The molecule has 1 aromatic rings. The molecule has 0 saturated heterocycles. The molecule has 0 aromatic heterocycles. The van der Waals surface area contributed by atoms with Crippen LogP contribution < -0.4 is 16.4 Å². The monoisotopic (exact) mass is 393 g/mol. The van der Waals surface area contributed by atoms with Crippen LogP contribution in [0.5, 0.6) is 0 Å². The van der Waals surface area contributed by atoms with Crippen LogP contribution >= 0.6 is 12.4 Å². The fourth-order valence-electron chi connectivity index (χ4n) is 4.36. The Kier molecular flexibility index (Phi) is 7.29. The average molecular weight is 394 g/mol. The second-order valence-corrected chi connectivity index (χ2v) is 8.36. The number of carbonyl (C=O) groups excluding carboxylic acids is 2. The molecule has 1 aromatic carbocycles. The molecule has 2 bridgehead atoms. The first-order valence-electron chi connectivity index (χ1n) is 9.83. The summed E-state index contributed by atoms with van der Waals surface area (Å²) in [6, 6.07) is 5.92. The number of benzene rings is 1. The number of nitrogens with one attached hydrogen (secondary N) is 2. The van der Waals surface area contributed by atoms with Gasteiger partial charge >= 0.3 is 0 Å². The van der Waals surface area contributed by atoms with Crippen molar-refractivity contribution < 1.29 is 9.59 Å². The highest BCUT2D eigenvalue weighted by molar-refractivity contribution is 5.96. The predicted molar refractivity (Wildman–Crippen MR) is 112 cm³/mol. The zero-order chi connectivity index (χ0) is 18.8. The Labute approximate surface area is 168 Å². The number of anilines is 2. The first-order valence-corrected chi connectivity index (χ1v) is 9.83. The quantitative estimate of drug-likeness (QED) is 0.719. The van der Waals surface area contributed by atoms with Gasteiger partial charge in [-0.3, -0.25) is 9.59 Å². The zero-order valence-corrected chi connectivity index (χ0v) is 17.3. The Morgan fingerprint density at radius 3 is 2.33 bits per heavy atom. The summed E-state index contributed by atoms with van der Waals surface area (Å²) < 4.78 is 0. The Bertz CT molecular complexity index is 678. The Hall–Kier alpha value is -1.59. The Balaban J connectivity index is 0.00000261. The number of halogens is 1. The number of carbonyl (C=O) groups is 2. The highest BCUT2D eigenvalue weighted by Crippen LogP contribution is 2.42. The Morgan fingerprint density at radius 2 is 1.74 bits per heavy atom. The number of aryl methyl sites for hydroxylation is 1. The third-order valence-corrected chi connectivity index (χ3v) is 6.07. The first-order chi connectivity index (χ1) is 12.3. The standard InChI is InChI=1S/C21H31N3O2.ClH/c1-12(2)20(25)23-17-8-7-13(3)18(11-17)24-21(26)16-9-14-5-4-6-15(10-16)19(14)22;/h7-8,11-12,14-16,19H,4-6,9-10,22H2,1-3H3,(H,23,25)(H,24,26);1H. The van der Waals surface area contributed by atoms with E-state index in [1.807, 2.05) is 39.0 Å². The van der Waals surface area contributed by atoms with Gasteiger partial charge in [-0.25, -0.2) is 0 Å². The topological polar surface area (TPSA) is 84.2 Å². The molecule has 2 aliphatic rings. The van der Waals surface area contributed by atoms with Crippen molar-refractivity contribution in [3.05, 3.63) is 23.8 Å². The van der Waals surface area contributed by atoms with Crippen LogP contribution in [-0.4, -0.2) is 17.9 Å². The van der Waals surface area contributed by atoms with E-state index < -0.39 is 0 Å². The van der Waals surface area contributed by atoms with Gasteiger partial charge in [0.25, 0.3) is 0 Å². The van der Waals surface area contributed by atoms with Gasteiger partial charge in [-0.15, -0.1) is 12.4 Å². The van der Waals surface area contributed by atoms with Crippen molar-refractivity contribution in [1.29, 1.82) is 0 Å². The summed E-state index contributed by atoms with van der Waals surface area (Å²) in [5, 5.41) is 5.99. The van der Waals surface area contributed by atoms with E-state index in [4.69, 9.17) is 5.73 Å². The molecule has 2 saturated carbocycles. The van der Waals surface area contributed by atoms with Gasteiger partial charge in [-0.05, 0) is 62.1 Å². The molecule has 6 heteroatoms. The minimum absolute atomic E-state index is 0. The van der Waals surface area contributed by atoms with Gasteiger partial charge in [-0.2, -0.15) is 0 Å². The third-order valence-electron chi connectivity index (χ3n) is 6.07. The highest BCUT2D eigenvalue weighted by Gasteiger charge is 2.40. The minimum atomic E-state index is -0.0831. The first kappa shape index (κ1) is 21.7. The van der Waals surface area contributed by atoms with Gasteiger partial charge in [0.1, 0.15) is 0 Å². The molecule has 27 heavy (non-hydrogen) atoms. The SMILES string of the molecule is Cc1ccc(NC(=O)C(C)C)cc1NC(=O)C1CC2CCCC(C1)C2N.Cl. The molecule has 4 N–H and O–H groups in total. The fourth-order valence-corrected chi connectivity index (χ4v) is 4.36. The summed E-state index contributed by atoms with van der Waals surface area (Å²) in [6.07, 6.45) is 5.33. The van der Waals surface area contributed by atoms with E-state index in [9.17, 15) is 9.59 Å². The van der Waals surface area contributed by atoms with Crippen molar-refractivity contribution in [2.75, 3.05) is 10.6 Å². The average Bonchev–Trinajstić information content (AvgIpc) is 2.57. The summed E-state index contributed by atoms with van der Waals surface area (Å²) in [4.78, 5) is 24.8. The number of rotatable bonds is 4. The largest absolute Gasteiger partial charge is 0.327 e. The van der Waals surface area contributed by atoms with E-state index in [1.165, 1.54) is 6.42 Å². The number of hydrogen-bond donors (Lipinski definition) is 3. The van der Waals surface area contributed by atoms with Crippen LogP contribution in [0.3, 0.4) is 0 Å². The number of amides is 2. The van der Waals surface area contributed by atoms with Gasteiger partial charge in [0.15, 0.2) is 0 Å². The molecular weight excluding hydrogens is 362 g/mol. The van der Waals surface area contributed by atoms with Crippen molar-refractivity contribution in [2.24, 2.45) is 29.4 Å². The van der Waals surface area contributed by atoms with Crippen molar-refractivity contribution >= 4 is 35.6 Å². The second kappa shape index (κ2) is 9.07. The van der Waals surface area contributed by atoms with Crippen LogP contribution in [0.25, 0.3) is 0 Å². The highest BCUT2D eigenvalue weighted by atomic mass is 35.5. The molecule has 0 radical (unpaired) electrons. The fraction of sp³-hybridized carbons (Fsp3) is 0.619. The maximum absolute atomic E-state index is 12.9. The molecule has 2 fully saturated rings. The molecule has 5 nitrogen and oxygen atoms in total. The van der Waals surface area contributed by atoms with E-state index in [0.29, 0.717) is 17.5 Å². The van der Waals surface area contributed by atoms with Crippen LogP contribution in [0.2, 0.25) is 0 Å². The summed E-state index contributed by atoms with van der Waals surface area (Å²) in [6.45, 7) is 5.68. The van der Waals surface area contributed by atoms with Crippen molar-refractivity contribution in [2.45, 2.75) is 58.9 Å². The maximum atomic E-state index is 12.9. The predicted octanol–water partition coefficient (Wildman–Crippen LogP) is 4.10. The van der Waals surface area contributed by atoms with Crippen LogP contribution in [0.15, 0.2) is 18.2 Å². The molecule has 2 unspecified atom stereocenters. The van der Waals surface area contributed by atoms with Crippen molar-refractivity contribution in [3.8, 4) is 0 Å². The molecule has 150 valence electrons. The summed E-state index contributed by atoms with van der Waals surface area (Å²) in [5.41, 5.74) is 8.83. The van der Waals surface area contributed by atoms with Crippen molar-refractivity contribution in [3.63, 3.8) is 0 Å². The molecular formula is C21H32ClN3O2. The maximum Gasteiger partial charge on any atom is 0.227 e. The van der Waals surface area contributed by atoms with Gasteiger partial charge in [0.05, 0.1) is 0 Å². The molecule has 0 spiro atoms. The molecule has 2 aliphatic carbocycles. The van der Waals surface area contributed by atoms with E-state index in [-0.39, 0.29) is 42.1 Å². The van der Waals surface area contributed by atoms with Gasteiger partial charge in [-0.1, -0.05) is 26.3 Å². The molecule has 2 amide bonds. The summed E-state index contributed by atoms with van der Waals surface area (Å²) >= 11 is 0. The van der Waals surface area contributed by atoms with E-state index in [2.05, 4.69) is 10.6 Å². The molecule has 3 rings (SSSR count). The van der Waals surface area contributed by atoms with Crippen LogP contribution in [0.4, 0.5) is 11.4 Å². The lowest BCUT2D eigenvalue weighted by Gasteiger charge is -2.43. The van der Waals surface area contributed by atoms with E-state index in [0.717, 1.165) is 36.9 Å².